The molecule has 3 heterocycles. The van der Waals surface area contributed by atoms with Gasteiger partial charge in [0.15, 0.2) is 0 Å². The van der Waals surface area contributed by atoms with E-state index in [0.717, 1.165) is 15.2 Å². The fraction of sp³-hybridized carbons (Fsp3) is 0.100. The number of hydrogen-bond acceptors (Lipinski definition) is 5. The number of pyridine rings is 1. The highest BCUT2D eigenvalue weighted by Gasteiger charge is 2.04. The van der Waals surface area contributed by atoms with Crippen LogP contribution in [0.4, 0.5) is 5.69 Å². The van der Waals surface area contributed by atoms with Gasteiger partial charge in [0, 0.05) is 12.4 Å². The van der Waals surface area contributed by atoms with Crippen LogP contribution in [0.2, 0.25) is 0 Å². The highest BCUT2D eigenvalue weighted by atomic mass is 32.1. The van der Waals surface area contributed by atoms with E-state index in [1.165, 1.54) is 0 Å². The molecule has 2 N–H and O–H groups in total. The standard InChI is InChI=1S/C10H9N5S/c11-7-3-13-15(5-7)6-10-14-8-4-12-2-1-9(8)16-10/h1-5H,6,11H2. The van der Waals surface area contributed by atoms with E-state index in [9.17, 15) is 0 Å². The summed E-state index contributed by atoms with van der Waals surface area (Å²) in [5, 5.41) is 5.13. The number of nitrogen functional groups attached to an aromatic ring is 1. The summed E-state index contributed by atoms with van der Waals surface area (Å²) in [6, 6.07) is 1.97. The van der Waals surface area contributed by atoms with E-state index < -0.39 is 0 Å². The summed E-state index contributed by atoms with van der Waals surface area (Å²) < 4.78 is 2.92. The van der Waals surface area contributed by atoms with Gasteiger partial charge in [-0.25, -0.2) is 4.98 Å². The molecule has 3 aromatic heterocycles. The molecule has 0 radical (unpaired) electrons. The van der Waals surface area contributed by atoms with E-state index in [-0.39, 0.29) is 0 Å². The lowest BCUT2D eigenvalue weighted by Crippen LogP contribution is -1.98. The van der Waals surface area contributed by atoms with Crippen molar-refractivity contribution in [3.63, 3.8) is 0 Å². The predicted octanol–water partition coefficient (Wildman–Crippen LogP) is 1.52. The molecule has 80 valence electrons. The van der Waals surface area contributed by atoms with Crippen LogP contribution < -0.4 is 5.73 Å². The summed E-state index contributed by atoms with van der Waals surface area (Å²) in [7, 11) is 0. The Labute approximate surface area is 95.6 Å². The van der Waals surface area contributed by atoms with E-state index in [2.05, 4.69) is 15.1 Å². The van der Waals surface area contributed by atoms with Crippen molar-refractivity contribution in [2.75, 3.05) is 5.73 Å². The van der Waals surface area contributed by atoms with Crippen LogP contribution >= 0.6 is 11.3 Å². The second-order valence-corrected chi connectivity index (χ2v) is 4.54. The maximum atomic E-state index is 5.60. The molecule has 0 saturated heterocycles. The number of hydrogen-bond donors (Lipinski definition) is 1. The quantitative estimate of drug-likeness (QED) is 0.726. The third-order valence-corrected chi connectivity index (χ3v) is 3.21. The monoisotopic (exact) mass is 231 g/mol. The zero-order chi connectivity index (χ0) is 11.0. The first-order valence-electron chi connectivity index (χ1n) is 4.78. The Kier molecular flexibility index (Phi) is 2.07. The molecule has 0 saturated carbocycles. The number of fused-ring (bicyclic) bond motifs is 1. The minimum absolute atomic E-state index is 0.649. The number of thiazole rings is 1. The molecule has 0 fully saturated rings. The van der Waals surface area contributed by atoms with Crippen LogP contribution in [-0.4, -0.2) is 19.7 Å². The van der Waals surface area contributed by atoms with Gasteiger partial charge in [0.1, 0.15) is 5.01 Å². The van der Waals surface area contributed by atoms with Gasteiger partial charge in [-0.15, -0.1) is 11.3 Å². The summed E-state index contributed by atoms with van der Waals surface area (Å²) >= 11 is 1.65. The molecule has 3 aromatic rings. The topological polar surface area (TPSA) is 69.6 Å². The molecular formula is C10H9N5S. The van der Waals surface area contributed by atoms with Crippen LogP contribution in [0.3, 0.4) is 0 Å². The lowest BCUT2D eigenvalue weighted by atomic mass is 10.4. The van der Waals surface area contributed by atoms with Crippen molar-refractivity contribution in [2.24, 2.45) is 0 Å². The molecule has 6 heteroatoms. The maximum Gasteiger partial charge on any atom is 0.115 e. The second-order valence-electron chi connectivity index (χ2n) is 3.42. The van der Waals surface area contributed by atoms with Crippen LogP contribution in [-0.2, 0) is 6.54 Å². The first-order valence-corrected chi connectivity index (χ1v) is 5.60. The molecule has 0 unspecified atom stereocenters. The molecule has 0 amide bonds. The highest BCUT2D eigenvalue weighted by Crippen LogP contribution is 2.21. The van der Waals surface area contributed by atoms with Gasteiger partial charge in [-0.05, 0) is 6.07 Å². The second kappa shape index (κ2) is 3.57. The van der Waals surface area contributed by atoms with Crippen molar-refractivity contribution in [3.8, 4) is 0 Å². The minimum Gasteiger partial charge on any atom is -0.396 e. The van der Waals surface area contributed by atoms with E-state index in [0.29, 0.717) is 12.2 Å². The third-order valence-electron chi connectivity index (χ3n) is 2.18. The normalized spacial score (nSPS) is 11.0. The molecule has 16 heavy (non-hydrogen) atoms. The van der Waals surface area contributed by atoms with Crippen molar-refractivity contribution in [1.82, 2.24) is 19.7 Å². The van der Waals surface area contributed by atoms with Gasteiger partial charge in [-0.2, -0.15) is 5.10 Å². The Morgan fingerprint density at radius 2 is 2.31 bits per heavy atom. The summed E-state index contributed by atoms with van der Waals surface area (Å²) in [6.45, 7) is 0.649. The van der Waals surface area contributed by atoms with Crippen molar-refractivity contribution in [1.29, 1.82) is 0 Å². The lowest BCUT2D eigenvalue weighted by Gasteiger charge is -1.94. The van der Waals surface area contributed by atoms with Gasteiger partial charge < -0.3 is 5.73 Å². The first kappa shape index (κ1) is 9.29. The molecule has 0 aliphatic rings. The lowest BCUT2D eigenvalue weighted by molar-refractivity contribution is 0.684. The molecule has 0 aromatic carbocycles. The summed E-state index contributed by atoms with van der Waals surface area (Å²) in [6.07, 6.45) is 6.97. The highest BCUT2D eigenvalue weighted by molar-refractivity contribution is 7.18. The fourth-order valence-electron chi connectivity index (χ4n) is 1.50. The Balaban J connectivity index is 1.95. The molecule has 5 nitrogen and oxygen atoms in total. The summed E-state index contributed by atoms with van der Waals surface area (Å²) in [4.78, 5) is 8.51. The zero-order valence-corrected chi connectivity index (χ0v) is 9.18. The van der Waals surface area contributed by atoms with Crippen molar-refractivity contribution in [3.05, 3.63) is 35.9 Å². The molecule has 0 spiro atoms. The van der Waals surface area contributed by atoms with Crippen LogP contribution in [0.5, 0.6) is 0 Å². The van der Waals surface area contributed by atoms with Crippen LogP contribution in [0, 0.1) is 0 Å². The fourth-order valence-corrected chi connectivity index (χ4v) is 2.43. The third kappa shape index (κ3) is 1.63. The number of nitrogens with zero attached hydrogens (tertiary/aromatic N) is 4. The number of aromatic nitrogens is 4. The minimum atomic E-state index is 0.649. The van der Waals surface area contributed by atoms with E-state index in [1.54, 1.807) is 40.8 Å². The van der Waals surface area contributed by atoms with E-state index >= 15 is 0 Å². The number of rotatable bonds is 2. The zero-order valence-electron chi connectivity index (χ0n) is 8.37. The Hall–Kier alpha value is -1.95. The van der Waals surface area contributed by atoms with Crippen molar-refractivity contribution < 1.29 is 0 Å². The SMILES string of the molecule is Nc1cnn(Cc2nc3cnccc3s2)c1. The van der Waals surface area contributed by atoms with Crippen LogP contribution in [0.1, 0.15) is 5.01 Å². The van der Waals surface area contributed by atoms with Gasteiger partial charge in [-0.3, -0.25) is 9.67 Å². The molecule has 3 rings (SSSR count). The Morgan fingerprint density at radius 3 is 3.06 bits per heavy atom. The van der Waals surface area contributed by atoms with Gasteiger partial charge in [0.05, 0.1) is 34.8 Å². The van der Waals surface area contributed by atoms with Gasteiger partial charge in [-0.1, -0.05) is 0 Å². The maximum absolute atomic E-state index is 5.60. The average molecular weight is 231 g/mol. The molecule has 0 atom stereocenters. The summed E-state index contributed by atoms with van der Waals surface area (Å²) in [5.41, 5.74) is 7.20. The average Bonchev–Trinajstić information content (AvgIpc) is 2.84. The van der Waals surface area contributed by atoms with Gasteiger partial charge in [0.25, 0.3) is 0 Å². The van der Waals surface area contributed by atoms with E-state index in [4.69, 9.17) is 5.73 Å². The van der Waals surface area contributed by atoms with Crippen LogP contribution in [0.15, 0.2) is 30.9 Å². The predicted molar refractivity (Wildman–Crippen MR) is 63.2 cm³/mol. The van der Waals surface area contributed by atoms with Gasteiger partial charge >= 0.3 is 0 Å². The molecule has 0 aliphatic heterocycles. The molecular weight excluding hydrogens is 222 g/mol. The Bertz CT molecular complexity index is 594. The van der Waals surface area contributed by atoms with E-state index in [1.807, 2.05) is 6.07 Å². The smallest absolute Gasteiger partial charge is 0.115 e. The molecule has 0 aliphatic carbocycles. The number of anilines is 1. The van der Waals surface area contributed by atoms with Crippen molar-refractivity contribution >= 4 is 27.2 Å². The van der Waals surface area contributed by atoms with Crippen molar-refractivity contribution in [2.45, 2.75) is 6.54 Å². The summed E-state index contributed by atoms with van der Waals surface area (Å²) in [5.74, 6) is 0. The van der Waals surface area contributed by atoms with Crippen LogP contribution in [0.25, 0.3) is 10.2 Å². The largest absolute Gasteiger partial charge is 0.396 e. The molecule has 0 bridgehead atoms. The Morgan fingerprint density at radius 1 is 1.38 bits per heavy atom. The van der Waals surface area contributed by atoms with Gasteiger partial charge in [0.2, 0.25) is 0 Å². The first-order chi connectivity index (χ1) is 7.81. The number of nitrogens with two attached hydrogens (primary N) is 1.